The largest absolute Gasteiger partial charge is 0.497 e. The van der Waals surface area contributed by atoms with Crippen LogP contribution in [0.25, 0.3) is 0 Å². The van der Waals surface area contributed by atoms with E-state index in [-0.39, 0.29) is 11.9 Å². The van der Waals surface area contributed by atoms with Crippen LogP contribution in [0, 0.1) is 0 Å². The molecule has 1 atom stereocenters. The zero-order chi connectivity index (χ0) is 26.1. The van der Waals surface area contributed by atoms with Gasteiger partial charge in [0.1, 0.15) is 18.3 Å². The Hall–Kier alpha value is -3.07. The number of methoxy groups -OCH3 is 1. The SMILES string of the molecule is CC[C@H](C(=O)NC1CCCC1)N(CCc1ccccc1)C(=O)CN(c1cccc(OC)c1)S(C)(=O)=O. The summed E-state index contributed by atoms with van der Waals surface area (Å²) in [5, 5.41) is 3.11. The van der Waals surface area contributed by atoms with Crippen LogP contribution in [-0.4, -0.2) is 63.7 Å². The molecule has 0 bridgehead atoms. The van der Waals surface area contributed by atoms with Gasteiger partial charge in [-0.1, -0.05) is 56.2 Å². The number of hydrogen-bond donors (Lipinski definition) is 1. The Balaban J connectivity index is 1.87. The second-order valence-electron chi connectivity index (χ2n) is 9.21. The van der Waals surface area contributed by atoms with E-state index in [0.717, 1.165) is 41.8 Å². The number of nitrogens with zero attached hydrogens (tertiary/aromatic N) is 2. The maximum atomic E-state index is 13.7. The molecule has 8 nitrogen and oxygen atoms in total. The Kier molecular flexibility index (Phi) is 9.75. The van der Waals surface area contributed by atoms with E-state index in [1.54, 1.807) is 24.3 Å². The molecule has 1 aliphatic carbocycles. The molecule has 1 N–H and O–H groups in total. The molecule has 0 heterocycles. The lowest BCUT2D eigenvalue weighted by atomic mass is 10.1. The van der Waals surface area contributed by atoms with Crippen LogP contribution in [0.2, 0.25) is 0 Å². The number of amides is 2. The first-order valence-electron chi connectivity index (χ1n) is 12.5. The molecule has 0 unspecified atom stereocenters. The molecule has 3 rings (SSSR count). The van der Waals surface area contributed by atoms with Gasteiger partial charge in [-0.05, 0) is 43.4 Å². The third kappa shape index (κ3) is 7.46. The van der Waals surface area contributed by atoms with Crippen molar-refractivity contribution in [2.75, 3.05) is 30.8 Å². The number of benzene rings is 2. The number of ether oxygens (including phenoxy) is 1. The minimum atomic E-state index is -3.78. The summed E-state index contributed by atoms with van der Waals surface area (Å²) < 4.78 is 31.7. The molecule has 36 heavy (non-hydrogen) atoms. The van der Waals surface area contributed by atoms with Gasteiger partial charge in [0.15, 0.2) is 0 Å². The van der Waals surface area contributed by atoms with Crippen molar-refractivity contribution in [2.45, 2.75) is 57.5 Å². The van der Waals surface area contributed by atoms with Crippen molar-refractivity contribution in [3.05, 3.63) is 60.2 Å². The number of carbonyl (C=O) groups is 2. The maximum absolute atomic E-state index is 13.7. The van der Waals surface area contributed by atoms with Gasteiger partial charge in [-0.15, -0.1) is 0 Å². The first-order chi connectivity index (χ1) is 17.2. The summed E-state index contributed by atoms with van der Waals surface area (Å²) in [6.07, 6.45) is 6.10. The van der Waals surface area contributed by atoms with Gasteiger partial charge in [-0.25, -0.2) is 8.42 Å². The van der Waals surface area contributed by atoms with Gasteiger partial charge in [-0.2, -0.15) is 0 Å². The van der Waals surface area contributed by atoms with E-state index >= 15 is 0 Å². The number of nitrogens with one attached hydrogen (secondary N) is 1. The van der Waals surface area contributed by atoms with Crippen LogP contribution in [-0.2, 0) is 26.0 Å². The van der Waals surface area contributed by atoms with E-state index in [9.17, 15) is 18.0 Å². The number of carbonyl (C=O) groups excluding carboxylic acids is 2. The molecule has 2 aromatic carbocycles. The molecule has 0 spiro atoms. The number of anilines is 1. The van der Waals surface area contributed by atoms with Crippen molar-refractivity contribution in [3.63, 3.8) is 0 Å². The van der Waals surface area contributed by atoms with Crippen LogP contribution >= 0.6 is 0 Å². The predicted octanol–water partition coefficient (Wildman–Crippen LogP) is 3.37. The van der Waals surface area contributed by atoms with Gasteiger partial charge >= 0.3 is 0 Å². The van der Waals surface area contributed by atoms with Crippen molar-refractivity contribution in [3.8, 4) is 5.75 Å². The summed E-state index contributed by atoms with van der Waals surface area (Å²) >= 11 is 0. The first-order valence-corrected chi connectivity index (χ1v) is 14.3. The van der Waals surface area contributed by atoms with Crippen LogP contribution < -0.4 is 14.4 Å². The molecule has 0 aliphatic heterocycles. The lowest BCUT2D eigenvalue weighted by Gasteiger charge is -2.33. The lowest BCUT2D eigenvalue weighted by molar-refractivity contribution is -0.139. The van der Waals surface area contributed by atoms with Gasteiger partial charge in [0, 0.05) is 18.7 Å². The molecular formula is C27H37N3O5S. The fourth-order valence-corrected chi connectivity index (χ4v) is 5.48. The Morgan fingerprint density at radius 2 is 1.78 bits per heavy atom. The summed E-state index contributed by atoms with van der Waals surface area (Å²) in [6.45, 7) is 1.77. The molecule has 0 radical (unpaired) electrons. The van der Waals surface area contributed by atoms with Crippen molar-refractivity contribution in [1.29, 1.82) is 0 Å². The quantitative estimate of drug-likeness (QED) is 0.468. The van der Waals surface area contributed by atoms with Crippen LogP contribution in [0.3, 0.4) is 0 Å². The van der Waals surface area contributed by atoms with Gasteiger partial charge < -0.3 is 15.0 Å². The fourth-order valence-electron chi connectivity index (χ4n) is 4.64. The predicted molar refractivity (Wildman–Crippen MR) is 142 cm³/mol. The monoisotopic (exact) mass is 515 g/mol. The Morgan fingerprint density at radius 1 is 1.08 bits per heavy atom. The van der Waals surface area contributed by atoms with Crippen molar-refractivity contribution >= 4 is 27.5 Å². The molecule has 2 aromatic rings. The second kappa shape index (κ2) is 12.8. The number of sulfonamides is 1. The van der Waals surface area contributed by atoms with Crippen molar-refractivity contribution in [1.82, 2.24) is 10.2 Å². The van der Waals surface area contributed by atoms with Crippen LogP contribution in [0.4, 0.5) is 5.69 Å². The minimum absolute atomic E-state index is 0.127. The summed E-state index contributed by atoms with van der Waals surface area (Å²) in [4.78, 5) is 28.5. The van der Waals surface area contributed by atoms with Crippen LogP contribution in [0.1, 0.15) is 44.6 Å². The van der Waals surface area contributed by atoms with Crippen molar-refractivity contribution < 1.29 is 22.7 Å². The van der Waals surface area contributed by atoms with Crippen LogP contribution in [0.15, 0.2) is 54.6 Å². The van der Waals surface area contributed by atoms with Crippen molar-refractivity contribution in [2.24, 2.45) is 0 Å². The molecule has 0 saturated heterocycles. The van der Waals surface area contributed by atoms with E-state index in [0.29, 0.717) is 30.8 Å². The summed E-state index contributed by atoms with van der Waals surface area (Å²) in [5.41, 5.74) is 1.37. The second-order valence-corrected chi connectivity index (χ2v) is 11.1. The summed E-state index contributed by atoms with van der Waals surface area (Å²) in [5.74, 6) is -0.123. The Labute approximate surface area is 214 Å². The average molecular weight is 516 g/mol. The first kappa shape index (κ1) is 27.5. The van der Waals surface area contributed by atoms with E-state index in [2.05, 4.69) is 5.32 Å². The normalized spacial score (nSPS) is 14.8. The smallest absolute Gasteiger partial charge is 0.244 e. The molecule has 1 aliphatic rings. The minimum Gasteiger partial charge on any atom is -0.497 e. The number of hydrogen-bond acceptors (Lipinski definition) is 5. The standard InChI is InChI=1S/C27H37N3O5S/c1-4-25(27(32)28-22-13-8-9-14-22)29(18-17-21-11-6-5-7-12-21)26(31)20-30(36(3,33)34)23-15-10-16-24(19-23)35-2/h5-7,10-12,15-16,19,22,25H,4,8-9,13-14,17-18,20H2,1-3H3,(H,28,32)/t25-/m1/s1. The van der Waals surface area contributed by atoms with Gasteiger partial charge in [0.05, 0.1) is 19.1 Å². The zero-order valence-electron chi connectivity index (χ0n) is 21.4. The molecule has 1 fully saturated rings. The Bertz CT molecular complexity index is 1120. The molecule has 196 valence electrons. The highest BCUT2D eigenvalue weighted by Crippen LogP contribution is 2.24. The zero-order valence-corrected chi connectivity index (χ0v) is 22.2. The average Bonchev–Trinajstić information content (AvgIpc) is 3.37. The highest BCUT2D eigenvalue weighted by Gasteiger charge is 2.32. The van der Waals surface area contributed by atoms with E-state index in [4.69, 9.17) is 4.74 Å². The lowest BCUT2D eigenvalue weighted by Crippen LogP contribution is -2.54. The van der Waals surface area contributed by atoms with Gasteiger partial charge in [0.25, 0.3) is 0 Å². The molecule has 0 aromatic heterocycles. The third-order valence-corrected chi connectivity index (χ3v) is 7.73. The maximum Gasteiger partial charge on any atom is 0.244 e. The van der Waals surface area contributed by atoms with E-state index < -0.39 is 28.5 Å². The van der Waals surface area contributed by atoms with E-state index in [1.807, 2.05) is 37.3 Å². The third-order valence-electron chi connectivity index (χ3n) is 6.59. The molecule has 1 saturated carbocycles. The highest BCUT2D eigenvalue weighted by atomic mass is 32.2. The summed E-state index contributed by atoms with van der Waals surface area (Å²) in [6, 6.07) is 15.8. The van der Waals surface area contributed by atoms with Gasteiger partial charge in [-0.3, -0.25) is 13.9 Å². The number of rotatable bonds is 12. The fraction of sp³-hybridized carbons (Fsp3) is 0.481. The highest BCUT2D eigenvalue weighted by molar-refractivity contribution is 7.92. The Morgan fingerprint density at radius 3 is 2.39 bits per heavy atom. The summed E-state index contributed by atoms with van der Waals surface area (Å²) in [7, 11) is -2.29. The molecule has 9 heteroatoms. The van der Waals surface area contributed by atoms with Gasteiger partial charge in [0.2, 0.25) is 21.8 Å². The van der Waals surface area contributed by atoms with E-state index in [1.165, 1.54) is 12.0 Å². The van der Waals surface area contributed by atoms with Crippen LogP contribution in [0.5, 0.6) is 5.75 Å². The molecular weight excluding hydrogens is 478 g/mol. The molecule has 2 amide bonds. The topological polar surface area (TPSA) is 96.0 Å².